The van der Waals surface area contributed by atoms with E-state index in [1.165, 1.54) is 0 Å². The Hall–Kier alpha value is -0.890. The van der Waals surface area contributed by atoms with Gasteiger partial charge in [-0.3, -0.25) is 4.79 Å². The van der Waals surface area contributed by atoms with Crippen molar-refractivity contribution >= 4 is 17.6 Å². The molecule has 3 nitrogen and oxygen atoms in total. The monoisotopic (exact) mass is 350 g/mol. The molecule has 0 aromatic carbocycles. The first-order valence-electron chi connectivity index (χ1n) is 6.46. The van der Waals surface area contributed by atoms with Gasteiger partial charge in [-0.1, -0.05) is 31.5 Å². The molecule has 1 rings (SSSR count). The molecule has 2 atom stereocenters. The third-order valence-corrected chi connectivity index (χ3v) is 3.82. The van der Waals surface area contributed by atoms with E-state index in [-0.39, 0.29) is 6.61 Å². The summed E-state index contributed by atoms with van der Waals surface area (Å²) in [6.07, 6.45) is -8.30. The van der Waals surface area contributed by atoms with Crippen LogP contribution in [-0.2, 0) is 14.3 Å². The molecule has 9 heteroatoms. The maximum absolute atomic E-state index is 13.4. The number of esters is 1. The lowest BCUT2D eigenvalue weighted by molar-refractivity contribution is -0.267. The summed E-state index contributed by atoms with van der Waals surface area (Å²) in [5, 5.41) is -1.18. The summed E-state index contributed by atoms with van der Waals surface area (Å²) in [6.45, 7) is 2.91. The SMILES string of the molecule is CCOC(=O)[C@H]1[C@H](C=C(Cl)C(F)(F)OCC(F)(F)F)C1(C)C. The van der Waals surface area contributed by atoms with Crippen LogP contribution in [0.4, 0.5) is 22.0 Å². The van der Waals surface area contributed by atoms with Gasteiger partial charge in [-0.2, -0.15) is 22.0 Å². The lowest BCUT2D eigenvalue weighted by Crippen LogP contribution is -2.28. The van der Waals surface area contributed by atoms with Crippen LogP contribution in [0.25, 0.3) is 0 Å². The molecule has 0 aliphatic heterocycles. The van der Waals surface area contributed by atoms with Gasteiger partial charge in [0.25, 0.3) is 0 Å². The van der Waals surface area contributed by atoms with Crippen molar-refractivity contribution in [3.05, 3.63) is 11.1 Å². The normalized spacial score (nSPS) is 25.0. The summed E-state index contributed by atoms with van der Waals surface area (Å²) in [4.78, 5) is 11.7. The van der Waals surface area contributed by atoms with Crippen LogP contribution < -0.4 is 0 Å². The quantitative estimate of drug-likeness (QED) is 0.534. The van der Waals surface area contributed by atoms with Crippen molar-refractivity contribution in [3.63, 3.8) is 0 Å². The first-order valence-corrected chi connectivity index (χ1v) is 6.83. The van der Waals surface area contributed by atoms with E-state index in [0.29, 0.717) is 0 Å². The molecule has 0 N–H and O–H groups in total. The predicted molar refractivity (Wildman–Crippen MR) is 68.3 cm³/mol. The summed E-state index contributed by atoms with van der Waals surface area (Å²) in [6, 6.07) is 0. The van der Waals surface area contributed by atoms with Gasteiger partial charge < -0.3 is 9.47 Å². The Labute approximate surface area is 129 Å². The van der Waals surface area contributed by atoms with Gasteiger partial charge >= 0.3 is 18.3 Å². The van der Waals surface area contributed by atoms with Crippen LogP contribution in [0.2, 0.25) is 0 Å². The molecule has 1 saturated carbocycles. The second-order valence-corrected chi connectivity index (χ2v) is 5.92. The van der Waals surface area contributed by atoms with Gasteiger partial charge in [-0.15, -0.1) is 0 Å². The number of halogens is 6. The minimum atomic E-state index is -4.90. The number of rotatable bonds is 6. The van der Waals surface area contributed by atoms with Crippen molar-refractivity contribution in [2.45, 2.75) is 33.1 Å². The molecule has 0 radical (unpaired) electrons. The third-order valence-electron chi connectivity index (χ3n) is 3.47. The van der Waals surface area contributed by atoms with E-state index in [4.69, 9.17) is 16.3 Å². The number of ether oxygens (including phenoxy) is 2. The minimum absolute atomic E-state index is 0.139. The molecule has 0 heterocycles. The summed E-state index contributed by atoms with van der Waals surface area (Å²) >= 11 is 5.38. The Bertz CT molecular complexity index is 459. The molecule has 0 bridgehead atoms. The van der Waals surface area contributed by atoms with Gasteiger partial charge in [-0.05, 0) is 18.3 Å². The summed E-state index contributed by atoms with van der Waals surface area (Å²) < 4.78 is 70.9. The first-order chi connectivity index (χ1) is 9.83. The zero-order valence-corrected chi connectivity index (χ0v) is 12.9. The number of carbonyl (C=O) groups excluding carboxylic acids is 1. The summed E-state index contributed by atoms with van der Waals surface area (Å²) in [7, 11) is 0. The van der Waals surface area contributed by atoms with Crippen molar-refractivity contribution in [2.75, 3.05) is 13.2 Å². The zero-order valence-electron chi connectivity index (χ0n) is 12.1. The second kappa shape index (κ2) is 6.31. The van der Waals surface area contributed by atoms with E-state index in [1.807, 2.05) is 0 Å². The standard InChI is InChI=1S/C13H16ClF5O3/c1-4-21-10(20)9-7(11(9,2)3)5-8(14)13(18,19)22-6-12(15,16)17/h5,7,9H,4,6H2,1-3H3/t7-,9+/m0/s1. The van der Waals surface area contributed by atoms with Gasteiger partial charge in [0, 0.05) is 0 Å². The van der Waals surface area contributed by atoms with Crippen molar-refractivity contribution in [1.82, 2.24) is 0 Å². The van der Waals surface area contributed by atoms with Crippen LogP contribution in [-0.4, -0.2) is 31.5 Å². The Balaban J connectivity index is 2.78. The molecular formula is C13H16ClF5O3. The molecule has 22 heavy (non-hydrogen) atoms. The van der Waals surface area contributed by atoms with Crippen LogP contribution >= 0.6 is 11.6 Å². The van der Waals surface area contributed by atoms with Gasteiger partial charge in [0.05, 0.1) is 12.5 Å². The highest BCUT2D eigenvalue weighted by molar-refractivity contribution is 6.30. The largest absolute Gasteiger partial charge is 0.466 e. The van der Waals surface area contributed by atoms with Gasteiger partial charge in [0.1, 0.15) is 11.6 Å². The minimum Gasteiger partial charge on any atom is -0.466 e. The lowest BCUT2D eigenvalue weighted by Gasteiger charge is -2.17. The number of hydrogen-bond acceptors (Lipinski definition) is 3. The topological polar surface area (TPSA) is 35.5 Å². The van der Waals surface area contributed by atoms with Crippen LogP contribution in [0, 0.1) is 17.3 Å². The molecule has 0 amide bonds. The van der Waals surface area contributed by atoms with Crippen molar-refractivity contribution in [3.8, 4) is 0 Å². The van der Waals surface area contributed by atoms with E-state index in [2.05, 4.69) is 4.74 Å². The van der Waals surface area contributed by atoms with E-state index < -0.39 is 47.1 Å². The number of hydrogen-bond donors (Lipinski definition) is 0. The fourth-order valence-corrected chi connectivity index (χ4v) is 2.36. The number of alkyl halides is 5. The molecule has 1 aliphatic rings. The van der Waals surface area contributed by atoms with E-state index >= 15 is 0 Å². The van der Waals surface area contributed by atoms with E-state index in [9.17, 15) is 26.7 Å². The highest BCUT2D eigenvalue weighted by Crippen LogP contribution is 2.60. The van der Waals surface area contributed by atoms with Gasteiger partial charge in [0.15, 0.2) is 0 Å². The first kappa shape index (κ1) is 19.2. The van der Waals surface area contributed by atoms with E-state index in [0.717, 1.165) is 6.08 Å². The maximum Gasteiger partial charge on any atom is 0.412 e. The van der Waals surface area contributed by atoms with Crippen LogP contribution in [0.1, 0.15) is 20.8 Å². The van der Waals surface area contributed by atoms with Crippen molar-refractivity contribution < 1.29 is 36.2 Å². The Morgan fingerprint density at radius 2 is 1.82 bits per heavy atom. The third kappa shape index (κ3) is 4.55. The number of carbonyl (C=O) groups is 1. The average molecular weight is 351 g/mol. The molecule has 0 saturated heterocycles. The molecule has 0 spiro atoms. The zero-order chi connectivity index (χ0) is 17.3. The smallest absolute Gasteiger partial charge is 0.412 e. The fourth-order valence-electron chi connectivity index (χ4n) is 2.17. The Morgan fingerprint density at radius 3 is 2.27 bits per heavy atom. The molecule has 0 aromatic heterocycles. The lowest BCUT2D eigenvalue weighted by atomic mass is 10.1. The maximum atomic E-state index is 13.4. The summed E-state index contributed by atoms with van der Waals surface area (Å²) in [5.74, 6) is -1.88. The molecule has 128 valence electrons. The Morgan fingerprint density at radius 1 is 1.27 bits per heavy atom. The molecule has 0 aromatic rings. The molecule has 1 aliphatic carbocycles. The van der Waals surface area contributed by atoms with Crippen LogP contribution in [0.3, 0.4) is 0 Å². The predicted octanol–water partition coefficient (Wildman–Crippen LogP) is 4.12. The second-order valence-electron chi connectivity index (χ2n) is 5.51. The highest BCUT2D eigenvalue weighted by Gasteiger charge is 2.62. The Kier molecular flexibility index (Phi) is 5.50. The molecule has 0 unspecified atom stereocenters. The van der Waals surface area contributed by atoms with Gasteiger partial charge in [0.2, 0.25) is 0 Å². The number of allylic oxidation sites excluding steroid dienone is 1. The van der Waals surface area contributed by atoms with E-state index in [1.54, 1.807) is 20.8 Å². The average Bonchev–Trinajstić information content (AvgIpc) is 2.88. The van der Waals surface area contributed by atoms with Crippen molar-refractivity contribution in [2.24, 2.45) is 17.3 Å². The van der Waals surface area contributed by atoms with Crippen LogP contribution in [0.5, 0.6) is 0 Å². The highest BCUT2D eigenvalue weighted by atomic mass is 35.5. The van der Waals surface area contributed by atoms with Crippen molar-refractivity contribution in [1.29, 1.82) is 0 Å². The molecule has 1 fully saturated rings. The van der Waals surface area contributed by atoms with Crippen LogP contribution in [0.15, 0.2) is 11.1 Å². The summed E-state index contributed by atoms with van der Waals surface area (Å²) in [5.41, 5.74) is -0.660. The van der Waals surface area contributed by atoms with Gasteiger partial charge in [-0.25, -0.2) is 0 Å². The fraction of sp³-hybridized carbons (Fsp3) is 0.769. The molecular weight excluding hydrogens is 335 g/mol.